The third kappa shape index (κ3) is 5.63. The lowest BCUT2D eigenvalue weighted by atomic mass is 10.1. The van der Waals surface area contributed by atoms with Crippen LogP contribution in [0, 0.1) is 0 Å². The molecule has 0 aliphatic heterocycles. The molecule has 0 fully saturated rings. The molecule has 2 aromatic carbocycles. The Morgan fingerprint density at radius 1 is 0.969 bits per heavy atom. The fourth-order valence-electron chi connectivity index (χ4n) is 3.24. The molecular formula is C25H25NO6. The van der Waals surface area contributed by atoms with E-state index in [2.05, 4.69) is 21.5 Å². The van der Waals surface area contributed by atoms with Gasteiger partial charge < -0.3 is 19.4 Å². The maximum atomic E-state index is 12.1. The number of Topliss-reactive ketones (excluding diaryl/α,β-unsaturated/α-hetero) is 1. The molecule has 0 radical (unpaired) electrons. The van der Waals surface area contributed by atoms with Crippen molar-refractivity contribution < 1.29 is 24.2 Å². The Morgan fingerprint density at radius 3 is 2.31 bits per heavy atom. The average Bonchev–Trinajstić information content (AvgIpc) is 2.76. The normalized spacial score (nSPS) is 11.4. The van der Waals surface area contributed by atoms with Gasteiger partial charge in [0.15, 0.2) is 5.78 Å². The van der Waals surface area contributed by atoms with E-state index in [-0.39, 0.29) is 17.8 Å². The first-order valence-electron chi connectivity index (χ1n) is 10.2. The van der Waals surface area contributed by atoms with E-state index < -0.39 is 28.7 Å². The molecule has 1 aromatic heterocycles. The Balaban J connectivity index is 1.60. The van der Waals surface area contributed by atoms with Crippen molar-refractivity contribution in [3.63, 3.8) is 0 Å². The first-order chi connectivity index (χ1) is 15.4. The van der Waals surface area contributed by atoms with E-state index in [0.29, 0.717) is 6.61 Å². The van der Waals surface area contributed by atoms with E-state index in [0.717, 1.165) is 31.1 Å². The highest BCUT2D eigenvalue weighted by molar-refractivity contribution is 6.06. The van der Waals surface area contributed by atoms with Crippen LogP contribution >= 0.6 is 0 Å². The Bertz CT molecular complexity index is 1160. The van der Waals surface area contributed by atoms with Crippen molar-refractivity contribution in [2.24, 2.45) is 4.99 Å². The molecule has 0 amide bonds. The zero-order chi connectivity index (χ0) is 23.1. The fourth-order valence-corrected chi connectivity index (χ4v) is 3.24. The number of ether oxygens (including phenoxy) is 1. The number of carbonyl (C=O) groups excluding carboxylic acids is 1. The third-order valence-electron chi connectivity index (χ3n) is 4.94. The van der Waals surface area contributed by atoms with Crippen LogP contribution in [-0.4, -0.2) is 28.3 Å². The number of hydrogen-bond acceptors (Lipinski definition) is 7. The second kappa shape index (κ2) is 10.4. The number of aliphatic imine (C=N–C) groups is 1. The monoisotopic (exact) mass is 435 g/mol. The zero-order valence-corrected chi connectivity index (χ0v) is 18.0. The highest BCUT2D eigenvalue weighted by Crippen LogP contribution is 2.28. The van der Waals surface area contributed by atoms with Crippen molar-refractivity contribution in [1.82, 2.24) is 0 Å². The molecule has 0 saturated carbocycles. The zero-order valence-electron chi connectivity index (χ0n) is 18.0. The minimum atomic E-state index is -0.967. The lowest BCUT2D eigenvalue weighted by Crippen LogP contribution is -2.15. The average molecular weight is 435 g/mol. The highest BCUT2D eigenvalue weighted by Gasteiger charge is 2.23. The number of hydrogen-bond donors (Lipinski definition) is 2. The minimum absolute atomic E-state index is 0.194. The van der Waals surface area contributed by atoms with Gasteiger partial charge in [-0.2, -0.15) is 0 Å². The first kappa shape index (κ1) is 22.8. The lowest BCUT2D eigenvalue weighted by molar-refractivity contribution is 0.100. The molecule has 166 valence electrons. The largest absolute Gasteiger partial charge is 0.506 e. The van der Waals surface area contributed by atoms with E-state index in [1.807, 2.05) is 42.5 Å². The quantitative estimate of drug-likeness (QED) is 0.295. The second-order valence-electron chi connectivity index (χ2n) is 7.33. The van der Waals surface area contributed by atoms with Gasteiger partial charge in [0.25, 0.3) is 5.95 Å². The number of benzene rings is 2. The van der Waals surface area contributed by atoms with Crippen LogP contribution in [-0.2, 0) is 13.0 Å². The first-order valence-corrected chi connectivity index (χ1v) is 10.2. The van der Waals surface area contributed by atoms with E-state index in [1.54, 1.807) is 0 Å². The predicted molar refractivity (Wildman–Crippen MR) is 121 cm³/mol. The Hall–Kier alpha value is -3.87. The molecule has 0 spiro atoms. The van der Waals surface area contributed by atoms with Gasteiger partial charge in [0, 0.05) is 0 Å². The van der Waals surface area contributed by atoms with Crippen LogP contribution < -0.4 is 10.4 Å². The van der Waals surface area contributed by atoms with Crippen molar-refractivity contribution in [1.29, 1.82) is 0 Å². The van der Waals surface area contributed by atoms with E-state index in [1.165, 1.54) is 12.5 Å². The number of carbonyl (C=O) groups is 1. The van der Waals surface area contributed by atoms with Crippen LogP contribution in [0.4, 0.5) is 0 Å². The molecule has 0 saturated heterocycles. The van der Waals surface area contributed by atoms with Gasteiger partial charge in [0.1, 0.15) is 22.6 Å². The minimum Gasteiger partial charge on any atom is -0.506 e. The van der Waals surface area contributed by atoms with Crippen LogP contribution in [0.3, 0.4) is 0 Å². The number of rotatable bonds is 9. The maximum absolute atomic E-state index is 12.1. The van der Waals surface area contributed by atoms with Crippen molar-refractivity contribution in [3.05, 3.63) is 87.3 Å². The van der Waals surface area contributed by atoms with Gasteiger partial charge in [-0.05, 0) is 49.9 Å². The van der Waals surface area contributed by atoms with Gasteiger partial charge in [-0.1, -0.05) is 42.5 Å². The lowest BCUT2D eigenvalue weighted by Gasteiger charge is -2.08. The van der Waals surface area contributed by atoms with Crippen molar-refractivity contribution in [2.45, 2.75) is 33.2 Å². The maximum Gasteiger partial charge on any atom is 0.351 e. The van der Waals surface area contributed by atoms with Crippen LogP contribution in [0.1, 0.15) is 47.3 Å². The molecule has 7 heteroatoms. The molecule has 1 heterocycles. The summed E-state index contributed by atoms with van der Waals surface area (Å²) in [6.45, 7) is 3.53. The van der Waals surface area contributed by atoms with Gasteiger partial charge in [0.2, 0.25) is 0 Å². The number of aromatic hydroxyl groups is 2. The van der Waals surface area contributed by atoms with Crippen LogP contribution in [0.15, 0.2) is 68.8 Å². The molecule has 0 unspecified atom stereocenters. The van der Waals surface area contributed by atoms with Gasteiger partial charge in [-0.25, -0.2) is 4.79 Å². The Kier molecular flexibility index (Phi) is 7.44. The summed E-state index contributed by atoms with van der Waals surface area (Å²) >= 11 is 0. The third-order valence-corrected chi connectivity index (χ3v) is 4.94. The van der Waals surface area contributed by atoms with Crippen LogP contribution in [0.5, 0.6) is 17.4 Å². The molecule has 0 aliphatic carbocycles. The summed E-state index contributed by atoms with van der Waals surface area (Å²) in [6, 6.07) is 17.7. The molecule has 3 aromatic rings. The smallest absolute Gasteiger partial charge is 0.351 e. The molecule has 2 N–H and O–H groups in total. The summed E-state index contributed by atoms with van der Waals surface area (Å²) in [7, 11) is 0. The number of nitrogens with zero attached hydrogens (tertiary/aromatic N) is 1. The standard InChI is InChI=1S/C25H25NO6/c1-16(21-23(28)22(17(2)27)25(30)32-24(21)29)26-15-19-10-12-20(13-11-19)31-14-6-9-18-7-4-3-5-8-18/h3-5,7-8,10-13,28,30H,6,9,14-15H2,1-2H3. The molecule has 0 atom stereocenters. The van der Waals surface area contributed by atoms with E-state index in [9.17, 15) is 19.8 Å². The summed E-state index contributed by atoms with van der Waals surface area (Å²) in [5, 5.41) is 19.9. The second-order valence-corrected chi connectivity index (χ2v) is 7.33. The topological polar surface area (TPSA) is 109 Å². The van der Waals surface area contributed by atoms with Crippen LogP contribution in [0.25, 0.3) is 0 Å². The summed E-state index contributed by atoms with van der Waals surface area (Å²) in [5.74, 6) is -1.41. The Labute approximate surface area is 185 Å². The SMILES string of the molecule is CC(=O)c1c(O)oc(=O)c(C(C)=NCc2ccc(OCCCc3ccccc3)cc2)c1O. The van der Waals surface area contributed by atoms with Gasteiger partial charge in [-0.15, -0.1) is 0 Å². The van der Waals surface area contributed by atoms with Crippen molar-refractivity contribution in [3.8, 4) is 17.4 Å². The summed E-state index contributed by atoms with van der Waals surface area (Å²) in [6.07, 6.45) is 1.87. The van der Waals surface area contributed by atoms with Gasteiger partial charge in [0.05, 0.1) is 18.9 Å². The van der Waals surface area contributed by atoms with E-state index in [4.69, 9.17) is 4.74 Å². The molecule has 3 rings (SSSR count). The molecule has 0 bridgehead atoms. The van der Waals surface area contributed by atoms with Crippen LogP contribution in [0.2, 0.25) is 0 Å². The number of ketones is 1. The summed E-state index contributed by atoms with van der Waals surface area (Å²) in [5.41, 5.74) is 0.694. The molecule has 7 nitrogen and oxygen atoms in total. The molecular weight excluding hydrogens is 410 g/mol. The van der Waals surface area contributed by atoms with Crippen molar-refractivity contribution >= 4 is 11.5 Å². The van der Waals surface area contributed by atoms with Gasteiger partial charge in [-0.3, -0.25) is 9.79 Å². The van der Waals surface area contributed by atoms with E-state index >= 15 is 0 Å². The number of aryl methyl sites for hydroxylation is 1. The Morgan fingerprint density at radius 2 is 1.66 bits per heavy atom. The van der Waals surface area contributed by atoms with Crippen molar-refractivity contribution in [2.75, 3.05) is 6.61 Å². The predicted octanol–water partition coefficient (Wildman–Crippen LogP) is 4.27. The molecule has 32 heavy (non-hydrogen) atoms. The highest BCUT2D eigenvalue weighted by atomic mass is 16.5. The van der Waals surface area contributed by atoms with Gasteiger partial charge >= 0.3 is 5.63 Å². The summed E-state index contributed by atoms with van der Waals surface area (Å²) < 4.78 is 10.4. The molecule has 0 aliphatic rings. The summed E-state index contributed by atoms with van der Waals surface area (Å²) in [4.78, 5) is 28.0. The fraction of sp³-hybridized carbons (Fsp3) is 0.240.